The highest BCUT2D eigenvalue weighted by atomic mass is 16.5. The van der Waals surface area contributed by atoms with Crippen molar-refractivity contribution in [3.05, 3.63) is 18.2 Å². The molecule has 0 N–H and O–H groups in total. The highest BCUT2D eigenvalue weighted by Gasteiger charge is 2.25. The molecule has 0 aliphatic heterocycles. The second-order valence-corrected chi connectivity index (χ2v) is 4.40. The third-order valence-electron chi connectivity index (χ3n) is 3.10. The Bertz CT molecular complexity index is 385. The number of hydrogen-bond donors (Lipinski definition) is 0. The van der Waals surface area contributed by atoms with E-state index in [1.54, 1.807) is 0 Å². The number of hydrogen-bond acceptors (Lipinski definition) is 4. The van der Waals surface area contributed by atoms with E-state index in [9.17, 15) is 4.79 Å². The zero-order chi connectivity index (χ0) is 12.3. The summed E-state index contributed by atoms with van der Waals surface area (Å²) in [5.41, 5.74) is 1.18. The Balaban J connectivity index is 1.97. The lowest BCUT2D eigenvalue weighted by Gasteiger charge is -2.19. The van der Waals surface area contributed by atoms with Crippen LogP contribution in [0.15, 0.2) is 12.5 Å². The van der Waals surface area contributed by atoms with Crippen LogP contribution in [-0.2, 0) is 16.1 Å². The SMILES string of the molecule is CCN(CC(=O)OC)Cc1cncn1C1CC1. The van der Waals surface area contributed by atoms with Gasteiger partial charge in [-0.15, -0.1) is 0 Å². The van der Waals surface area contributed by atoms with Crippen LogP contribution in [0.3, 0.4) is 0 Å². The van der Waals surface area contributed by atoms with Gasteiger partial charge in [0.15, 0.2) is 0 Å². The lowest BCUT2D eigenvalue weighted by atomic mass is 10.3. The van der Waals surface area contributed by atoms with Gasteiger partial charge in [-0.1, -0.05) is 6.92 Å². The summed E-state index contributed by atoms with van der Waals surface area (Å²) in [5, 5.41) is 0. The van der Waals surface area contributed by atoms with Crippen LogP contribution in [0.4, 0.5) is 0 Å². The van der Waals surface area contributed by atoms with Gasteiger partial charge in [-0.25, -0.2) is 4.98 Å². The highest BCUT2D eigenvalue weighted by molar-refractivity contribution is 5.71. The summed E-state index contributed by atoms with van der Waals surface area (Å²) in [6.45, 7) is 3.96. The van der Waals surface area contributed by atoms with E-state index in [-0.39, 0.29) is 5.97 Å². The molecule has 0 aromatic carbocycles. The topological polar surface area (TPSA) is 47.4 Å². The molecule has 17 heavy (non-hydrogen) atoms. The second-order valence-electron chi connectivity index (χ2n) is 4.40. The summed E-state index contributed by atoms with van der Waals surface area (Å²) in [6, 6.07) is 0.629. The van der Waals surface area contributed by atoms with Crippen LogP contribution in [0.1, 0.15) is 31.5 Å². The van der Waals surface area contributed by atoms with Gasteiger partial charge in [-0.3, -0.25) is 9.69 Å². The summed E-state index contributed by atoms with van der Waals surface area (Å²) < 4.78 is 6.91. The summed E-state index contributed by atoms with van der Waals surface area (Å²) >= 11 is 0. The molecule has 0 radical (unpaired) electrons. The molecule has 0 saturated heterocycles. The molecule has 0 amide bonds. The zero-order valence-corrected chi connectivity index (χ0v) is 10.4. The van der Waals surface area contributed by atoms with Gasteiger partial charge in [0, 0.05) is 18.8 Å². The van der Waals surface area contributed by atoms with E-state index < -0.39 is 0 Å². The van der Waals surface area contributed by atoms with E-state index >= 15 is 0 Å². The molecule has 5 heteroatoms. The van der Waals surface area contributed by atoms with Gasteiger partial charge in [0.25, 0.3) is 0 Å². The number of carbonyl (C=O) groups excluding carboxylic acids is 1. The molecule has 5 nitrogen and oxygen atoms in total. The minimum absolute atomic E-state index is 0.190. The Labute approximate surface area is 101 Å². The van der Waals surface area contributed by atoms with Crippen molar-refractivity contribution in [2.24, 2.45) is 0 Å². The number of carbonyl (C=O) groups is 1. The average molecular weight is 237 g/mol. The van der Waals surface area contributed by atoms with Crippen LogP contribution in [-0.4, -0.2) is 40.6 Å². The van der Waals surface area contributed by atoms with Crippen LogP contribution in [0.5, 0.6) is 0 Å². The van der Waals surface area contributed by atoms with Crippen molar-refractivity contribution in [3.8, 4) is 0 Å². The fourth-order valence-electron chi connectivity index (χ4n) is 1.89. The molecular formula is C12H19N3O2. The Morgan fingerprint density at radius 3 is 3.00 bits per heavy atom. The number of nitrogens with zero attached hydrogens (tertiary/aromatic N) is 3. The molecule has 2 rings (SSSR count). The number of rotatable bonds is 6. The third kappa shape index (κ3) is 3.06. The van der Waals surface area contributed by atoms with Crippen LogP contribution in [0.25, 0.3) is 0 Å². The van der Waals surface area contributed by atoms with Crippen LogP contribution in [0.2, 0.25) is 0 Å². The fourth-order valence-corrected chi connectivity index (χ4v) is 1.89. The predicted octanol–water partition coefficient (Wildman–Crippen LogP) is 1.21. The molecule has 1 saturated carbocycles. The lowest BCUT2D eigenvalue weighted by Crippen LogP contribution is -2.30. The van der Waals surface area contributed by atoms with Crippen molar-refractivity contribution in [1.29, 1.82) is 0 Å². The molecule has 1 aromatic heterocycles. The molecule has 1 aromatic rings. The second kappa shape index (κ2) is 5.31. The highest BCUT2D eigenvalue weighted by Crippen LogP contribution is 2.35. The van der Waals surface area contributed by atoms with E-state index in [4.69, 9.17) is 0 Å². The molecule has 1 aliphatic carbocycles. The Morgan fingerprint density at radius 2 is 2.41 bits per heavy atom. The molecule has 1 fully saturated rings. The van der Waals surface area contributed by atoms with E-state index in [0.29, 0.717) is 12.6 Å². The normalized spacial score (nSPS) is 15.2. The summed E-state index contributed by atoms with van der Waals surface area (Å²) in [7, 11) is 1.42. The third-order valence-corrected chi connectivity index (χ3v) is 3.10. The number of likely N-dealkylation sites (N-methyl/N-ethyl adjacent to an activating group) is 1. The van der Waals surface area contributed by atoms with Crippen LogP contribution >= 0.6 is 0 Å². The first kappa shape index (κ1) is 12.1. The van der Waals surface area contributed by atoms with E-state index in [1.807, 2.05) is 19.4 Å². The Hall–Kier alpha value is -1.36. The van der Waals surface area contributed by atoms with Crippen LogP contribution < -0.4 is 0 Å². The Morgan fingerprint density at radius 1 is 1.65 bits per heavy atom. The number of aromatic nitrogens is 2. The van der Waals surface area contributed by atoms with Gasteiger partial charge >= 0.3 is 5.97 Å². The van der Waals surface area contributed by atoms with Gasteiger partial charge in [0.05, 0.1) is 25.7 Å². The van der Waals surface area contributed by atoms with Gasteiger partial charge in [0.1, 0.15) is 0 Å². The maximum Gasteiger partial charge on any atom is 0.319 e. The molecular weight excluding hydrogens is 218 g/mol. The molecule has 0 unspecified atom stereocenters. The number of imidazole rings is 1. The van der Waals surface area contributed by atoms with Gasteiger partial charge in [-0.05, 0) is 19.4 Å². The fraction of sp³-hybridized carbons (Fsp3) is 0.667. The van der Waals surface area contributed by atoms with Crippen molar-refractivity contribution in [2.45, 2.75) is 32.4 Å². The lowest BCUT2D eigenvalue weighted by molar-refractivity contribution is -0.142. The first-order valence-corrected chi connectivity index (χ1v) is 6.04. The Kier molecular flexibility index (Phi) is 3.78. The first-order chi connectivity index (χ1) is 8.24. The molecule has 1 heterocycles. The minimum Gasteiger partial charge on any atom is -0.468 e. The standard InChI is InChI=1S/C12H19N3O2/c1-3-14(8-12(16)17-2)7-11-6-13-9-15(11)10-4-5-10/h6,9-10H,3-5,7-8H2,1-2H3. The van der Waals surface area contributed by atoms with Crippen molar-refractivity contribution in [3.63, 3.8) is 0 Å². The van der Waals surface area contributed by atoms with Crippen molar-refractivity contribution in [1.82, 2.24) is 14.5 Å². The molecule has 0 spiro atoms. The van der Waals surface area contributed by atoms with E-state index in [1.165, 1.54) is 25.6 Å². The van der Waals surface area contributed by atoms with E-state index in [2.05, 4.69) is 19.2 Å². The predicted molar refractivity (Wildman–Crippen MR) is 63.5 cm³/mol. The minimum atomic E-state index is -0.190. The molecule has 94 valence electrons. The van der Waals surface area contributed by atoms with Crippen molar-refractivity contribution < 1.29 is 9.53 Å². The maximum absolute atomic E-state index is 11.3. The molecule has 0 bridgehead atoms. The van der Waals surface area contributed by atoms with Crippen molar-refractivity contribution >= 4 is 5.97 Å². The quantitative estimate of drug-likeness (QED) is 0.698. The summed E-state index contributed by atoms with van der Waals surface area (Å²) in [4.78, 5) is 17.5. The average Bonchev–Trinajstić information content (AvgIpc) is 3.09. The van der Waals surface area contributed by atoms with Gasteiger partial charge in [-0.2, -0.15) is 0 Å². The molecule has 1 aliphatic rings. The van der Waals surface area contributed by atoms with Gasteiger partial charge in [0.2, 0.25) is 0 Å². The van der Waals surface area contributed by atoms with E-state index in [0.717, 1.165) is 13.1 Å². The zero-order valence-electron chi connectivity index (χ0n) is 10.4. The number of esters is 1. The molecule has 0 atom stereocenters. The van der Waals surface area contributed by atoms with Crippen molar-refractivity contribution in [2.75, 3.05) is 20.2 Å². The van der Waals surface area contributed by atoms with Crippen LogP contribution in [0, 0.1) is 0 Å². The number of ether oxygens (including phenoxy) is 1. The largest absolute Gasteiger partial charge is 0.468 e. The summed E-state index contributed by atoms with van der Waals surface area (Å²) in [6.07, 6.45) is 6.26. The smallest absolute Gasteiger partial charge is 0.319 e. The monoisotopic (exact) mass is 237 g/mol. The maximum atomic E-state index is 11.3. The number of methoxy groups -OCH3 is 1. The summed E-state index contributed by atoms with van der Waals surface area (Å²) in [5.74, 6) is -0.190. The first-order valence-electron chi connectivity index (χ1n) is 6.04. The van der Waals surface area contributed by atoms with Gasteiger partial charge < -0.3 is 9.30 Å².